The normalized spacial score (nSPS) is 12.9. The van der Waals surface area contributed by atoms with Gasteiger partial charge in [-0.25, -0.2) is 21.6 Å². The van der Waals surface area contributed by atoms with Gasteiger partial charge in [-0.2, -0.15) is 5.10 Å². The Hall–Kier alpha value is -0.930. The standard InChI is InChI=1S/C8H15N3O4S2/c1-6-8(7(2)11-10-6)17(14,15)9-4-5-16(3,12)13/h9H,4-5H2,1-3H3,(H,10,11). The molecule has 0 saturated carbocycles. The Bertz CT molecular complexity index is 581. The van der Waals surface area contributed by atoms with Crippen molar-refractivity contribution in [2.24, 2.45) is 0 Å². The zero-order chi connectivity index (χ0) is 13.3. The summed E-state index contributed by atoms with van der Waals surface area (Å²) in [5, 5.41) is 6.34. The van der Waals surface area contributed by atoms with E-state index in [9.17, 15) is 16.8 Å². The highest BCUT2D eigenvalue weighted by molar-refractivity contribution is 7.91. The summed E-state index contributed by atoms with van der Waals surface area (Å²) in [6.45, 7) is 3.00. The lowest BCUT2D eigenvalue weighted by atomic mass is 10.4. The molecular formula is C8H15N3O4S2. The van der Waals surface area contributed by atoms with Gasteiger partial charge in [0.05, 0.1) is 17.1 Å². The molecule has 0 atom stereocenters. The van der Waals surface area contributed by atoms with Crippen molar-refractivity contribution in [1.82, 2.24) is 14.9 Å². The molecule has 17 heavy (non-hydrogen) atoms. The van der Waals surface area contributed by atoms with Crippen LogP contribution >= 0.6 is 0 Å². The first-order chi connectivity index (χ1) is 7.63. The van der Waals surface area contributed by atoms with Crippen molar-refractivity contribution >= 4 is 19.9 Å². The van der Waals surface area contributed by atoms with Crippen LogP contribution in [0.1, 0.15) is 11.4 Å². The number of sulfonamides is 1. The maximum absolute atomic E-state index is 11.9. The summed E-state index contributed by atoms with van der Waals surface area (Å²) >= 11 is 0. The number of H-pyrrole nitrogens is 1. The Morgan fingerprint density at radius 2 is 1.82 bits per heavy atom. The second-order valence-corrected chi connectivity index (χ2v) is 7.75. The number of hydrogen-bond acceptors (Lipinski definition) is 5. The van der Waals surface area contributed by atoms with Crippen LogP contribution in [0.2, 0.25) is 0 Å². The molecule has 0 saturated heterocycles. The van der Waals surface area contributed by atoms with Crippen molar-refractivity contribution < 1.29 is 16.8 Å². The van der Waals surface area contributed by atoms with Crippen LogP contribution in [0.3, 0.4) is 0 Å². The minimum atomic E-state index is -3.71. The third-order valence-electron chi connectivity index (χ3n) is 2.09. The average Bonchev–Trinajstić information content (AvgIpc) is 2.43. The minimum absolute atomic E-state index is 0.0750. The summed E-state index contributed by atoms with van der Waals surface area (Å²) in [4.78, 5) is 0.0750. The van der Waals surface area contributed by atoms with Crippen LogP contribution in [-0.2, 0) is 19.9 Å². The SMILES string of the molecule is Cc1n[nH]c(C)c1S(=O)(=O)NCCS(C)(=O)=O. The summed E-state index contributed by atoms with van der Waals surface area (Å²) in [7, 11) is -6.89. The van der Waals surface area contributed by atoms with Crippen molar-refractivity contribution in [2.45, 2.75) is 18.7 Å². The second-order valence-electron chi connectivity index (χ2n) is 3.79. The van der Waals surface area contributed by atoms with Crippen molar-refractivity contribution in [3.8, 4) is 0 Å². The Kier molecular flexibility index (Phi) is 3.95. The Morgan fingerprint density at radius 3 is 2.24 bits per heavy atom. The molecule has 7 nitrogen and oxygen atoms in total. The molecule has 2 N–H and O–H groups in total. The quantitative estimate of drug-likeness (QED) is 0.745. The van der Waals surface area contributed by atoms with Crippen LogP contribution in [0.25, 0.3) is 0 Å². The molecule has 0 aliphatic heterocycles. The van der Waals surface area contributed by atoms with Gasteiger partial charge in [0.1, 0.15) is 14.7 Å². The van der Waals surface area contributed by atoms with E-state index >= 15 is 0 Å². The average molecular weight is 281 g/mol. The fraction of sp³-hybridized carbons (Fsp3) is 0.625. The first-order valence-corrected chi connectivity index (χ1v) is 8.37. The lowest BCUT2D eigenvalue weighted by molar-refractivity contribution is 0.581. The van der Waals surface area contributed by atoms with Crippen molar-refractivity contribution in [2.75, 3.05) is 18.6 Å². The van der Waals surface area contributed by atoms with Gasteiger partial charge in [-0.15, -0.1) is 0 Å². The van der Waals surface area contributed by atoms with E-state index in [1.165, 1.54) is 0 Å². The van der Waals surface area contributed by atoms with Crippen LogP contribution in [0.15, 0.2) is 4.90 Å². The molecule has 0 aliphatic carbocycles. The molecule has 1 aromatic heterocycles. The number of rotatable bonds is 5. The van der Waals surface area contributed by atoms with E-state index in [0.29, 0.717) is 11.4 Å². The number of aryl methyl sites for hydroxylation is 2. The van der Waals surface area contributed by atoms with E-state index < -0.39 is 19.9 Å². The first kappa shape index (κ1) is 14.1. The molecule has 0 bridgehead atoms. The molecule has 0 unspecified atom stereocenters. The zero-order valence-electron chi connectivity index (χ0n) is 9.81. The number of sulfone groups is 1. The summed E-state index contributed by atoms with van der Waals surface area (Å²) in [6.07, 6.45) is 1.05. The topological polar surface area (TPSA) is 109 Å². The summed E-state index contributed by atoms with van der Waals surface area (Å²) in [5.74, 6) is -0.234. The van der Waals surface area contributed by atoms with Gasteiger partial charge in [-0.3, -0.25) is 5.10 Å². The highest BCUT2D eigenvalue weighted by atomic mass is 32.2. The fourth-order valence-corrected chi connectivity index (χ4v) is 3.37. The highest BCUT2D eigenvalue weighted by Crippen LogP contribution is 2.15. The molecule has 1 aromatic rings. The van der Waals surface area contributed by atoms with E-state index in [1.807, 2.05) is 0 Å². The van der Waals surface area contributed by atoms with Gasteiger partial charge in [-0.1, -0.05) is 0 Å². The van der Waals surface area contributed by atoms with Crippen LogP contribution in [0.4, 0.5) is 0 Å². The van der Waals surface area contributed by atoms with E-state index in [-0.39, 0.29) is 17.2 Å². The highest BCUT2D eigenvalue weighted by Gasteiger charge is 2.21. The Morgan fingerprint density at radius 1 is 1.24 bits per heavy atom. The molecule has 9 heteroatoms. The molecule has 0 spiro atoms. The van der Waals surface area contributed by atoms with Gasteiger partial charge >= 0.3 is 0 Å². The monoisotopic (exact) mass is 281 g/mol. The van der Waals surface area contributed by atoms with Gasteiger partial charge in [0.15, 0.2) is 0 Å². The van der Waals surface area contributed by atoms with E-state index in [1.54, 1.807) is 13.8 Å². The van der Waals surface area contributed by atoms with E-state index in [4.69, 9.17) is 0 Å². The maximum Gasteiger partial charge on any atom is 0.244 e. The van der Waals surface area contributed by atoms with Gasteiger partial charge in [0.25, 0.3) is 0 Å². The van der Waals surface area contributed by atoms with Crippen LogP contribution in [0.5, 0.6) is 0 Å². The molecule has 0 aliphatic rings. The number of aromatic amines is 1. The lowest BCUT2D eigenvalue weighted by Gasteiger charge is -2.05. The second kappa shape index (κ2) is 4.75. The van der Waals surface area contributed by atoms with Gasteiger partial charge in [-0.05, 0) is 13.8 Å². The van der Waals surface area contributed by atoms with Crippen molar-refractivity contribution in [3.63, 3.8) is 0 Å². The molecule has 1 rings (SSSR count). The molecule has 0 amide bonds. The molecule has 0 radical (unpaired) electrons. The molecule has 0 aromatic carbocycles. The number of nitrogens with one attached hydrogen (secondary N) is 2. The predicted molar refractivity (Wildman–Crippen MR) is 63.0 cm³/mol. The maximum atomic E-state index is 11.9. The van der Waals surface area contributed by atoms with Crippen molar-refractivity contribution in [1.29, 1.82) is 0 Å². The largest absolute Gasteiger partial charge is 0.281 e. The van der Waals surface area contributed by atoms with Gasteiger partial charge < -0.3 is 0 Å². The number of aromatic nitrogens is 2. The summed E-state index contributed by atoms with van der Waals surface area (Å²) < 4.78 is 47.7. The summed E-state index contributed by atoms with van der Waals surface area (Å²) in [6, 6.07) is 0. The fourth-order valence-electron chi connectivity index (χ4n) is 1.37. The van der Waals surface area contributed by atoms with E-state index in [2.05, 4.69) is 14.9 Å². The lowest BCUT2D eigenvalue weighted by Crippen LogP contribution is -2.29. The van der Waals surface area contributed by atoms with Gasteiger partial charge in [0, 0.05) is 12.8 Å². The Balaban J connectivity index is 2.84. The number of nitrogens with zero attached hydrogens (tertiary/aromatic N) is 1. The smallest absolute Gasteiger partial charge is 0.244 e. The molecular weight excluding hydrogens is 266 g/mol. The number of hydrogen-bond donors (Lipinski definition) is 2. The first-order valence-electron chi connectivity index (χ1n) is 4.82. The van der Waals surface area contributed by atoms with Gasteiger partial charge in [0.2, 0.25) is 10.0 Å². The van der Waals surface area contributed by atoms with Crippen molar-refractivity contribution in [3.05, 3.63) is 11.4 Å². The Labute approximate surface area is 101 Å². The van der Waals surface area contributed by atoms with E-state index in [0.717, 1.165) is 6.26 Å². The third-order valence-corrected chi connectivity index (χ3v) is 4.76. The molecule has 98 valence electrons. The third kappa shape index (κ3) is 3.79. The summed E-state index contributed by atoms with van der Waals surface area (Å²) in [5.41, 5.74) is 0.781. The predicted octanol–water partition coefficient (Wildman–Crippen LogP) is -0.651. The van der Waals surface area contributed by atoms with Crippen LogP contribution < -0.4 is 4.72 Å². The zero-order valence-corrected chi connectivity index (χ0v) is 11.4. The van der Waals surface area contributed by atoms with Crippen LogP contribution in [0, 0.1) is 13.8 Å². The van der Waals surface area contributed by atoms with Crippen LogP contribution in [-0.4, -0.2) is 45.6 Å². The molecule has 1 heterocycles. The minimum Gasteiger partial charge on any atom is -0.281 e. The molecule has 0 fully saturated rings.